The number of rotatable bonds is 6. The second-order valence-corrected chi connectivity index (χ2v) is 8.13. The van der Waals surface area contributed by atoms with Gasteiger partial charge in [0, 0.05) is 19.6 Å². The lowest BCUT2D eigenvalue weighted by molar-refractivity contribution is 0.0820. The molecule has 1 unspecified atom stereocenters. The number of nitrogens with one attached hydrogen (secondary N) is 3. The summed E-state index contributed by atoms with van der Waals surface area (Å²) in [5.74, 6) is 1.36. The first kappa shape index (κ1) is 22.4. The number of nitrogens with zero attached hydrogens (tertiary/aromatic N) is 2. The van der Waals surface area contributed by atoms with Crippen LogP contribution in [0.4, 0.5) is 0 Å². The van der Waals surface area contributed by atoms with Crippen LogP contribution in [0.15, 0.2) is 53.6 Å². The van der Waals surface area contributed by atoms with Crippen molar-refractivity contribution in [3.63, 3.8) is 0 Å². The zero-order valence-corrected chi connectivity index (χ0v) is 18.2. The molecule has 7 heteroatoms. The summed E-state index contributed by atoms with van der Waals surface area (Å²) in [4.78, 5) is 17.0. The van der Waals surface area contributed by atoms with Gasteiger partial charge < -0.3 is 15.4 Å². The molecule has 1 aromatic rings. The highest BCUT2D eigenvalue weighted by molar-refractivity contribution is 5.96. The van der Waals surface area contributed by atoms with E-state index in [1.807, 2.05) is 18.3 Å². The number of hydrogen-bond acceptors (Lipinski definition) is 4. The van der Waals surface area contributed by atoms with E-state index < -0.39 is 0 Å². The summed E-state index contributed by atoms with van der Waals surface area (Å²) in [5, 5.41) is 18.0. The van der Waals surface area contributed by atoms with Gasteiger partial charge in [0.05, 0.1) is 12.7 Å². The molecule has 2 aliphatic rings. The van der Waals surface area contributed by atoms with Crippen LogP contribution < -0.4 is 20.7 Å². The van der Waals surface area contributed by atoms with Crippen molar-refractivity contribution in [2.75, 3.05) is 20.7 Å². The number of benzene rings is 1. The minimum atomic E-state index is -0.106. The van der Waals surface area contributed by atoms with E-state index >= 15 is 0 Å². The second-order valence-electron chi connectivity index (χ2n) is 8.13. The number of hydrogen-bond donors (Lipinski definition) is 3. The molecule has 0 bridgehead atoms. The van der Waals surface area contributed by atoms with Gasteiger partial charge >= 0.3 is 0 Å². The van der Waals surface area contributed by atoms with Gasteiger partial charge in [0.2, 0.25) is 5.96 Å². The highest BCUT2D eigenvalue weighted by Gasteiger charge is 2.41. The average Bonchev–Trinajstić information content (AvgIpc) is 2.83. The topological polar surface area (TPSA) is 98.5 Å². The zero-order valence-electron chi connectivity index (χ0n) is 18.2. The molecule has 7 nitrogen and oxygen atoms in total. The van der Waals surface area contributed by atoms with Crippen molar-refractivity contribution in [3.05, 3.63) is 54.1 Å². The fraction of sp³-hybridized carbons (Fsp3) is 0.458. The molecule has 0 saturated heterocycles. The summed E-state index contributed by atoms with van der Waals surface area (Å²) in [7, 11) is 3.24. The maximum absolute atomic E-state index is 12.9. The van der Waals surface area contributed by atoms with E-state index in [4.69, 9.17) is 10.00 Å². The van der Waals surface area contributed by atoms with Crippen LogP contribution in [0.3, 0.4) is 0 Å². The maximum Gasteiger partial charge on any atom is 0.255 e. The standard InChI is InChI=1S/C24H31N5O2/c1-26-23(28-17-25)29-19-12-14-24(15-13-19,18-8-4-3-5-9-18)16-27-22(30)20-10-6-7-11-21(20)31-2/h3-8,10-11,18-19H,9,12-16H2,1-2H3,(H,27,30)(H2,26,28,29). The predicted molar refractivity (Wildman–Crippen MR) is 122 cm³/mol. The SMILES string of the molecule is CN=C(NC#N)NC1CCC(CNC(=O)c2ccccc2OC)(C2C=CC=CC2)CC1. The number of carbonyl (C=O) groups excluding carboxylic acids is 1. The highest BCUT2D eigenvalue weighted by Crippen LogP contribution is 2.45. The van der Waals surface area contributed by atoms with Gasteiger partial charge in [-0.3, -0.25) is 15.1 Å². The summed E-state index contributed by atoms with van der Waals surface area (Å²) in [6.45, 7) is 0.616. The second kappa shape index (κ2) is 10.7. The number of ether oxygens (including phenoxy) is 1. The number of carbonyl (C=O) groups is 1. The molecular weight excluding hydrogens is 390 g/mol. The van der Waals surface area contributed by atoms with E-state index in [1.54, 1.807) is 26.3 Å². The Hall–Kier alpha value is -3.27. The van der Waals surface area contributed by atoms with Gasteiger partial charge in [0.25, 0.3) is 5.91 Å². The van der Waals surface area contributed by atoms with E-state index in [0.29, 0.717) is 29.7 Å². The van der Waals surface area contributed by atoms with Gasteiger partial charge in [-0.05, 0) is 55.6 Å². The summed E-state index contributed by atoms with van der Waals surface area (Å²) in [6.07, 6.45) is 15.4. The summed E-state index contributed by atoms with van der Waals surface area (Å²) in [6, 6.07) is 7.55. The third kappa shape index (κ3) is 5.46. The molecule has 164 valence electrons. The highest BCUT2D eigenvalue weighted by atomic mass is 16.5. The fourth-order valence-corrected chi connectivity index (χ4v) is 4.64. The van der Waals surface area contributed by atoms with Crippen molar-refractivity contribution in [3.8, 4) is 11.9 Å². The molecule has 2 aliphatic carbocycles. The Morgan fingerprint density at radius 3 is 2.71 bits per heavy atom. The normalized spacial score (nSPS) is 25.4. The largest absolute Gasteiger partial charge is 0.496 e. The number of nitriles is 1. The van der Waals surface area contributed by atoms with E-state index in [9.17, 15) is 4.79 Å². The maximum atomic E-state index is 12.9. The number of guanidine groups is 1. The molecule has 0 radical (unpaired) electrons. The van der Waals surface area contributed by atoms with Crippen LogP contribution in [-0.4, -0.2) is 38.6 Å². The molecule has 3 rings (SSSR count). The van der Waals surface area contributed by atoms with Gasteiger partial charge in [-0.15, -0.1) is 0 Å². The van der Waals surface area contributed by atoms with Crippen molar-refractivity contribution >= 4 is 11.9 Å². The minimum absolute atomic E-state index is 0.0106. The van der Waals surface area contributed by atoms with Gasteiger partial charge in [0.15, 0.2) is 6.19 Å². The quantitative estimate of drug-likeness (QED) is 0.284. The van der Waals surface area contributed by atoms with E-state index in [1.165, 1.54) is 0 Å². The van der Waals surface area contributed by atoms with E-state index in [0.717, 1.165) is 32.1 Å². The molecule has 31 heavy (non-hydrogen) atoms. The molecule has 3 N–H and O–H groups in total. The first-order valence-corrected chi connectivity index (χ1v) is 10.7. The molecule has 1 fully saturated rings. The molecular formula is C24H31N5O2. The molecule has 1 aromatic carbocycles. The Bertz CT molecular complexity index is 891. The molecule has 1 saturated carbocycles. The summed E-state index contributed by atoms with van der Waals surface area (Å²) in [5.41, 5.74) is 0.546. The van der Waals surface area contributed by atoms with Crippen molar-refractivity contribution < 1.29 is 9.53 Å². The summed E-state index contributed by atoms with van der Waals surface area (Å²) >= 11 is 0. The molecule has 0 aliphatic heterocycles. The number of allylic oxidation sites excluding steroid dienone is 4. The van der Waals surface area contributed by atoms with Crippen LogP contribution in [0.1, 0.15) is 42.5 Å². The number of aliphatic imine (C=N–C) groups is 1. The van der Waals surface area contributed by atoms with E-state index in [2.05, 4.69) is 45.2 Å². The Morgan fingerprint density at radius 2 is 2.06 bits per heavy atom. The fourth-order valence-electron chi connectivity index (χ4n) is 4.64. The molecule has 1 amide bonds. The third-order valence-corrected chi connectivity index (χ3v) is 6.44. The summed E-state index contributed by atoms with van der Waals surface area (Å²) < 4.78 is 5.35. The number of methoxy groups -OCH3 is 1. The lowest BCUT2D eigenvalue weighted by atomic mass is 9.63. The van der Waals surface area contributed by atoms with Gasteiger partial charge in [0.1, 0.15) is 5.75 Å². The molecule has 0 aromatic heterocycles. The van der Waals surface area contributed by atoms with Crippen molar-refractivity contribution in [2.24, 2.45) is 16.3 Å². The minimum Gasteiger partial charge on any atom is -0.496 e. The van der Waals surface area contributed by atoms with Gasteiger partial charge in [-0.25, -0.2) is 0 Å². The van der Waals surface area contributed by atoms with Crippen molar-refractivity contribution in [1.29, 1.82) is 5.26 Å². The van der Waals surface area contributed by atoms with Crippen LogP contribution in [0.2, 0.25) is 0 Å². The molecule has 0 heterocycles. The lowest BCUT2D eigenvalue weighted by Gasteiger charge is -2.45. The Balaban J connectivity index is 1.69. The Morgan fingerprint density at radius 1 is 1.29 bits per heavy atom. The van der Waals surface area contributed by atoms with Crippen LogP contribution in [-0.2, 0) is 0 Å². The predicted octanol–water partition coefficient (Wildman–Crippen LogP) is 3.13. The van der Waals surface area contributed by atoms with Crippen LogP contribution >= 0.6 is 0 Å². The van der Waals surface area contributed by atoms with Crippen LogP contribution in [0.5, 0.6) is 5.75 Å². The first-order chi connectivity index (χ1) is 15.1. The van der Waals surface area contributed by atoms with Crippen molar-refractivity contribution in [2.45, 2.75) is 38.1 Å². The Labute approximate surface area is 184 Å². The van der Waals surface area contributed by atoms with Crippen LogP contribution in [0.25, 0.3) is 0 Å². The average molecular weight is 422 g/mol. The molecule has 1 atom stereocenters. The van der Waals surface area contributed by atoms with Crippen molar-refractivity contribution in [1.82, 2.24) is 16.0 Å². The lowest BCUT2D eigenvalue weighted by Crippen LogP contribution is -2.49. The molecule has 0 spiro atoms. The van der Waals surface area contributed by atoms with Gasteiger partial charge in [-0.1, -0.05) is 36.4 Å². The third-order valence-electron chi connectivity index (χ3n) is 6.44. The number of amides is 1. The van der Waals surface area contributed by atoms with Gasteiger partial charge in [-0.2, -0.15) is 5.26 Å². The first-order valence-electron chi connectivity index (χ1n) is 10.7. The Kier molecular flexibility index (Phi) is 7.71. The number of para-hydroxylation sites is 1. The zero-order chi connectivity index (χ0) is 22.1. The van der Waals surface area contributed by atoms with Crippen LogP contribution in [0, 0.1) is 22.8 Å². The smallest absolute Gasteiger partial charge is 0.255 e. The monoisotopic (exact) mass is 421 g/mol. The van der Waals surface area contributed by atoms with E-state index in [-0.39, 0.29) is 17.4 Å².